The molecule has 0 saturated heterocycles. The molecule has 0 saturated carbocycles. The third-order valence-electron chi connectivity index (χ3n) is 4.34. The predicted octanol–water partition coefficient (Wildman–Crippen LogP) is 5.25. The van der Waals surface area contributed by atoms with E-state index in [1.54, 1.807) is 6.07 Å². The maximum atomic E-state index is 13.5. The van der Waals surface area contributed by atoms with Gasteiger partial charge in [-0.3, -0.25) is 5.43 Å². The van der Waals surface area contributed by atoms with Crippen LogP contribution in [0.4, 0.5) is 21.7 Å². The van der Waals surface area contributed by atoms with Crippen molar-refractivity contribution in [1.82, 2.24) is 20.3 Å². The fourth-order valence-corrected chi connectivity index (χ4v) is 3.03. The van der Waals surface area contributed by atoms with E-state index in [1.807, 2.05) is 36.4 Å². The number of halogens is 2. The highest BCUT2D eigenvalue weighted by atomic mass is 35.5. The van der Waals surface area contributed by atoms with Gasteiger partial charge in [-0.25, -0.2) is 14.0 Å². The minimum Gasteiger partial charge on any atom is -0.455 e. The van der Waals surface area contributed by atoms with Gasteiger partial charge in [0.25, 0.3) is 0 Å². The monoisotopic (exact) mass is 449 g/mol. The van der Waals surface area contributed by atoms with Gasteiger partial charge in [0, 0.05) is 11.3 Å². The van der Waals surface area contributed by atoms with Crippen molar-refractivity contribution >= 4 is 46.4 Å². The van der Waals surface area contributed by atoms with Gasteiger partial charge >= 0.3 is 0 Å². The molecule has 0 radical (unpaired) electrons. The third-order valence-corrected chi connectivity index (χ3v) is 4.63. The second kappa shape index (κ2) is 8.44. The van der Waals surface area contributed by atoms with Crippen molar-refractivity contribution in [3.63, 3.8) is 0 Å². The maximum absolute atomic E-state index is 13.5. The molecule has 0 amide bonds. The van der Waals surface area contributed by atoms with Crippen molar-refractivity contribution in [3.05, 3.63) is 77.3 Å². The predicted molar refractivity (Wildman–Crippen MR) is 117 cm³/mol. The Morgan fingerprint density at radius 1 is 0.938 bits per heavy atom. The first-order valence-electron chi connectivity index (χ1n) is 9.32. The van der Waals surface area contributed by atoms with Crippen LogP contribution in [0.25, 0.3) is 22.6 Å². The Kier molecular flexibility index (Phi) is 5.18. The highest BCUT2D eigenvalue weighted by molar-refractivity contribution is 6.31. The lowest BCUT2D eigenvalue weighted by Crippen LogP contribution is -2.03. The fourth-order valence-electron chi connectivity index (χ4n) is 2.85. The molecule has 0 aliphatic rings. The van der Waals surface area contributed by atoms with Crippen LogP contribution in [0.3, 0.4) is 0 Å². The number of fused-ring (bicyclic) bond motifs is 1. The molecule has 3 heterocycles. The number of rotatable bonds is 6. The van der Waals surface area contributed by atoms with Gasteiger partial charge in [0.2, 0.25) is 11.3 Å². The number of hydrazone groups is 1. The Hall–Kier alpha value is -4.31. The van der Waals surface area contributed by atoms with E-state index in [1.165, 1.54) is 24.4 Å². The zero-order chi connectivity index (χ0) is 21.9. The second-order valence-corrected chi connectivity index (χ2v) is 6.93. The average molecular weight is 450 g/mol. The number of hydrogen-bond acceptors (Lipinski definition) is 9. The number of anilines is 3. The van der Waals surface area contributed by atoms with Crippen molar-refractivity contribution in [3.8, 4) is 11.3 Å². The van der Waals surface area contributed by atoms with E-state index in [9.17, 15) is 4.39 Å². The van der Waals surface area contributed by atoms with Gasteiger partial charge in [-0.1, -0.05) is 41.9 Å². The summed E-state index contributed by atoms with van der Waals surface area (Å²) >= 11 is 5.86. The Balaban J connectivity index is 1.39. The molecule has 158 valence electrons. The Morgan fingerprint density at radius 2 is 1.72 bits per heavy atom. The van der Waals surface area contributed by atoms with Crippen LogP contribution in [0.2, 0.25) is 5.02 Å². The number of nitrogens with one attached hydrogen (secondary N) is 2. The van der Waals surface area contributed by atoms with Crippen molar-refractivity contribution < 1.29 is 13.4 Å². The van der Waals surface area contributed by atoms with Crippen LogP contribution in [0, 0.1) is 5.82 Å². The van der Waals surface area contributed by atoms with Gasteiger partial charge in [-0.15, -0.1) is 0 Å². The molecule has 0 aliphatic heterocycles. The summed E-state index contributed by atoms with van der Waals surface area (Å²) < 4.78 is 23.9. The van der Waals surface area contributed by atoms with E-state index in [4.69, 9.17) is 16.0 Å². The summed E-state index contributed by atoms with van der Waals surface area (Å²) in [6, 6.07) is 17.5. The van der Waals surface area contributed by atoms with E-state index in [-0.39, 0.29) is 28.0 Å². The molecule has 2 aromatic carbocycles. The van der Waals surface area contributed by atoms with Gasteiger partial charge in [0.1, 0.15) is 17.3 Å². The first kappa shape index (κ1) is 19.6. The van der Waals surface area contributed by atoms with Gasteiger partial charge in [-0.05, 0) is 40.6 Å². The number of hydrogen-bond donors (Lipinski definition) is 2. The SMILES string of the molecule is Fc1ccc(Nc2nc3nonc3nc2N/N=C\c2ccc(-c3ccccc3)o2)cc1Cl. The standard InChI is InChI=1S/C21H13ClFN7O2/c22-15-10-13(6-8-16(15)23)25-18-19(27-21-20(26-18)29-32-30-21)28-24-11-14-7-9-17(31-14)12-4-2-1-3-5-12/h1-11H,(H,25,26,29)(H,27,28,30)/b24-11-. The Bertz CT molecular complexity index is 1420. The van der Waals surface area contributed by atoms with E-state index in [0.29, 0.717) is 11.4 Å². The second-order valence-electron chi connectivity index (χ2n) is 6.52. The van der Waals surface area contributed by atoms with Gasteiger partial charge in [-0.2, -0.15) is 10.1 Å². The lowest BCUT2D eigenvalue weighted by atomic mass is 10.2. The fraction of sp³-hybridized carbons (Fsp3) is 0. The molecule has 0 fully saturated rings. The molecule has 32 heavy (non-hydrogen) atoms. The van der Waals surface area contributed by atoms with Crippen molar-refractivity contribution in [1.29, 1.82) is 0 Å². The van der Waals surface area contributed by atoms with E-state index >= 15 is 0 Å². The third kappa shape index (κ3) is 4.12. The summed E-state index contributed by atoms with van der Waals surface area (Å²) in [5.41, 5.74) is 4.62. The lowest BCUT2D eigenvalue weighted by molar-refractivity contribution is 0.314. The molecule has 5 rings (SSSR count). The number of benzene rings is 2. The molecule has 0 aliphatic carbocycles. The smallest absolute Gasteiger partial charge is 0.245 e. The summed E-state index contributed by atoms with van der Waals surface area (Å²) in [5, 5.41) is 14.5. The highest BCUT2D eigenvalue weighted by Crippen LogP contribution is 2.27. The van der Waals surface area contributed by atoms with Crippen molar-refractivity contribution in [2.75, 3.05) is 10.7 Å². The molecule has 2 N–H and O–H groups in total. The minimum atomic E-state index is -0.532. The summed E-state index contributed by atoms with van der Waals surface area (Å²) in [7, 11) is 0. The van der Waals surface area contributed by atoms with Crippen LogP contribution in [0.15, 0.2) is 74.8 Å². The number of furan rings is 1. The molecule has 0 unspecified atom stereocenters. The molecular weight excluding hydrogens is 437 g/mol. The summed E-state index contributed by atoms with van der Waals surface area (Å²) in [5.74, 6) is 1.22. The zero-order valence-corrected chi connectivity index (χ0v) is 16.9. The van der Waals surface area contributed by atoms with Crippen molar-refractivity contribution in [2.45, 2.75) is 0 Å². The van der Waals surface area contributed by atoms with Crippen LogP contribution in [0.1, 0.15) is 5.76 Å². The van der Waals surface area contributed by atoms with Crippen LogP contribution in [-0.4, -0.2) is 26.5 Å². The van der Waals surface area contributed by atoms with Crippen LogP contribution >= 0.6 is 11.6 Å². The molecule has 11 heteroatoms. The first-order chi connectivity index (χ1) is 15.7. The average Bonchev–Trinajstić information content (AvgIpc) is 3.46. The highest BCUT2D eigenvalue weighted by Gasteiger charge is 2.13. The topological polar surface area (TPSA) is 114 Å². The summed E-state index contributed by atoms with van der Waals surface area (Å²) in [6.07, 6.45) is 1.50. The summed E-state index contributed by atoms with van der Waals surface area (Å²) in [6.45, 7) is 0. The Labute approximate surface area is 184 Å². The normalized spacial score (nSPS) is 11.3. The summed E-state index contributed by atoms with van der Waals surface area (Å²) in [4.78, 5) is 8.61. The number of aromatic nitrogens is 4. The minimum absolute atomic E-state index is 0.0355. The molecule has 3 aromatic heterocycles. The zero-order valence-electron chi connectivity index (χ0n) is 16.2. The maximum Gasteiger partial charge on any atom is 0.245 e. The van der Waals surface area contributed by atoms with Crippen LogP contribution in [0.5, 0.6) is 0 Å². The Morgan fingerprint density at radius 3 is 2.50 bits per heavy atom. The van der Waals surface area contributed by atoms with E-state index < -0.39 is 5.82 Å². The van der Waals surface area contributed by atoms with Crippen LogP contribution < -0.4 is 10.7 Å². The number of nitrogens with zero attached hydrogens (tertiary/aromatic N) is 5. The van der Waals surface area contributed by atoms with Gasteiger partial charge < -0.3 is 9.73 Å². The van der Waals surface area contributed by atoms with Crippen LogP contribution in [-0.2, 0) is 0 Å². The van der Waals surface area contributed by atoms with Gasteiger partial charge in [0.15, 0.2) is 11.6 Å². The molecule has 0 atom stereocenters. The quantitative estimate of drug-likeness (QED) is 0.266. The largest absolute Gasteiger partial charge is 0.455 e. The first-order valence-corrected chi connectivity index (χ1v) is 9.70. The molecule has 9 nitrogen and oxygen atoms in total. The molecule has 0 bridgehead atoms. The van der Waals surface area contributed by atoms with Crippen molar-refractivity contribution in [2.24, 2.45) is 5.10 Å². The lowest BCUT2D eigenvalue weighted by Gasteiger charge is -2.09. The molecule has 5 aromatic rings. The molecule has 0 spiro atoms. The van der Waals surface area contributed by atoms with E-state index in [2.05, 4.69) is 40.8 Å². The van der Waals surface area contributed by atoms with Gasteiger partial charge in [0.05, 0.1) is 11.2 Å². The molecular formula is C21H13ClFN7O2. The van der Waals surface area contributed by atoms with E-state index in [0.717, 1.165) is 11.3 Å².